The molecule has 2 aromatic carbocycles. The van der Waals surface area contributed by atoms with Gasteiger partial charge >= 0.3 is 0 Å². The van der Waals surface area contributed by atoms with Crippen LogP contribution in [0.15, 0.2) is 53.6 Å². The molecule has 0 saturated heterocycles. The molecule has 0 aliphatic rings. The normalized spacial score (nSPS) is 10.6. The quantitative estimate of drug-likeness (QED) is 0.393. The highest BCUT2D eigenvalue weighted by Crippen LogP contribution is 2.12. The minimum atomic E-state index is -0.429. The summed E-state index contributed by atoms with van der Waals surface area (Å²) in [5, 5.41) is 6.95. The molecule has 0 unspecified atom stereocenters. The van der Waals surface area contributed by atoms with E-state index in [0.29, 0.717) is 22.9 Å². The summed E-state index contributed by atoms with van der Waals surface area (Å²) in [4.78, 5) is 23.8. The van der Waals surface area contributed by atoms with E-state index in [2.05, 4.69) is 22.8 Å². The van der Waals surface area contributed by atoms with Gasteiger partial charge in [0.05, 0.1) is 19.4 Å². The maximum Gasteiger partial charge on any atom is 0.259 e. The van der Waals surface area contributed by atoms with Crippen LogP contribution in [-0.2, 0) is 4.79 Å². The van der Waals surface area contributed by atoms with Gasteiger partial charge in [0.1, 0.15) is 5.75 Å². The Hall–Kier alpha value is -2.86. The number of hydrogen-bond acceptors (Lipinski definition) is 4. The van der Waals surface area contributed by atoms with E-state index in [1.807, 2.05) is 0 Å². The van der Waals surface area contributed by atoms with Crippen LogP contribution < -0.4 is 15.5 Å². The minimum Gasteiger partial charge on any atom is -0.494 e. The molecular weight excluding hydrogens is 366 g/mol. The Morgan fingerprint density at radius 2 is 1.96 bits per heavy atom. The lowest BCUT2D eigenvalue weighted by Crippen LogP contribution is -2.34. The molecule has 0 aliphatic carbocycles. The molecule has 2 amide bonds. The van der Waals surface area contributed by atoms with Crippen LogP contribution in [0.5, 0.6) is 5.75 Å². The van der Waals surface area contributed by atoms with Gasteiger partial charge in [-0.1, -0.05) is 37.1 Å². The van der Waals surface area contributed by atoms with Crippen LogP contribution in [0.1, 0.15) is 35.7 Å². The van der Waals surface area contributed by atoms with Crippen molar-refractivity contribution >= 4 is 29.6 Å². The van der Waals surface area contributed by atoms with Gasteiger partial charge in [-0.15, -0.1) is 0 Å². The molecule has 142 valence electrons. The highest BCUT2D eigenvalue weighted by molar-refractivity contribution is 6.30. The Bertz CT molecular complexity index is 791. The molecule has 2 rings (SSSR count). The lowest BCUT2D eigenvalue weighted by molar-refractivity contribution is -0.120. The first-order valence-electron chi connectivity index (χ1n) is 8.67. The fraction of sp³-hybridized carbons (Fsp3) is 0.250. The largest absolute Gasteiger partial charge is 0.494 e. The summed E-state index contributed by atoms with van der Waals surface area (Å²) >= 11 is 5.87. The average molecular weight is 388 g/mol. The van der Waals surface area contributed by atoms with Crippen molar-refractivity contribution in [1.82, 2.24) is 10.7 Å². The number of ether oxygens (including phenoxy) is 1. The smallest absolute Gasteiger partial charge is 0.259 e. The van der Waals surface area contributed by atoms with Gasteiger partial charge in [-0.25, -0.2) is 5.43 Å². The molecule has 2 N–H and O–H groups in total. The van der Waals surface area contributed by atoms with Crippen molar-refractivity contribution in [2.24, 2.45) is 5.10 Å². The van der Waals surface area contributed by atoms with Crippen LogP contribution in [0.4, 0.5) is 0 Å². The van der Waals surface area contributed by atoms with E-state index in [1.165, 1.54) is 6.21 Å². The van der Waals surface area contributed by atoms with Gasteiger partial charge in [-0.2, -0.15) is 5.10 Å². The van der Waals surface area contributed by atoms with Crippen molar-refractivity contribution in [1.29, 1.82) is 0 Å². The molecule has 0 radical (unpaired) electrons. The second-order valence-corrected chi connectivity index (χ2v) is 6.19. The maximum atomic E-state index is 12.1. The molecule has 0 aliphatic heterocycles. The van der Waals surface area contributed by atoms with Gasteiger partial charge in [-0.05, 0) is 48.4 Å². The van der Waals surface area contributed by atoms with Gasteiger partial charge in [0, 0.05) is 10.6 Å². The Kier molecular flexibility index (Phi) is 8.32. The average Bonchev–Trinajstić information content (AvgIpc) is 2.67. The zero-order valence-electron chi connectivity index (χ0n) is 15.1. The lowest BCUT2D eigenvalue weighted by atomic mass is 10.2. The third-order valence-corrected chi connectivity index (χ3v) is 3.78. The third kappa shape index (κ3) is 7.50. The number of carbonyl (C=O) groups is 2. The highest BCUT2D eigenvalue weighted by Gasteiger charge is 2.07. The van der Waals surface area contributed by atoms with E-state index >= 15 is 0 Å². The zero-order valence-corrected chi connectivity index (χ0v) is 15.8. The van der Waals surface area contributed by atoms with Crippen LogP contribution in [0.25, 0.3) is 0 Å². The number of rotatable bonds is 9. The number of hydrazone groups is 1. The summed E-state index contributed by atoms with van der Waals surface area (Å²) in [5.74, 6) is -0.0571. The van der Waals surface area contributed by atoms with E-state index < -0.39 is 5.91 Å². The van der Waals surface area contributed by atoms with Gasteiger partial charge in [0.2, 0.25) is 0 Å². The monoisotopic (exact) mass is 387 g/mol. The molecule has 0 saturated carbocycles. The van der Waals surface area contributed by atoms with Crippen LogP contribution in [-0.4, -0.2) is 31.2 Å². The number of unbranched alkanes of at least 4 members (excludes halogenated alkanes) is 1. The Balaban J connectivity index is 1.75. The number of nitrogens with one attached hydrogen (secondary N) is 2. The van der Waals surface area contributed by atoms with Crippen molar-refractivity contribution in [2.75, 3.05) is 13.2 Å². The van der Waals surface area contributed by atoms with Crippen molar-refractivity contribution < 1.29 is 14.3 Å². The molecule has 0 heterocycles. The first kappa shape index (κ1) is 20.5. The summed E-state index contributed by atoms with van der Waals surface area (Å²) in [6.07, 6.45) is 3.52. The van der Waals surface area contributed by atoms with Crippen LogP contribution in [0.2, 0.25) is 5.02 Å². The minimum absolute atomic E-state index is 0.180. The number of hydrogen-bond donors (Lipinski definition) is 2. The lowest BCUT2D eigenvalue weighted by Gasteiger charge is -2.07. The standard InChI is InChI=1S/C20H22ClN3O3/c1-2-3-11-27-18-9-7-16(8-10-18)20(26)22-14-19(25)24-23-13-15-5-4-6-17(21)12-15/h4-10,12-13H,2-3,11,14H2,1H3,(H,22,26)(H,24,25)/b23-13-. The molecule has 2 aromatic rings. The van der Waals surface area contributed by atoms with Crippen LogP contribution >= 0.6 is 11.6 Å². The molecule has 27 heavy (non-hydrogen) atoms. The fourth-order valence-corrected chi connectivity index (χ4v) is 2.30. The van der Waals surface area contributed by atoms with E-state index in [4.69, 9.17) is 16.3 Å². The first-order chi connectivity index (χ1) is 13.1. The third-order valence-electron chi connectivity index (χ3n) is 3.54. The van der Waals surface area contributed by atoms with Gasteiger partial charge in [-0.3, -0.25) is 9.59 Å². The number of amides is 2. The molecule has 0 aromatic heterocycles. The van der Waals surface area contributed by atoms with E-state index in [0.717, 1.165) is 18.4 Å². The number of benzene rings is 2. The van der Waals surface area contributed by atoms with Crippen molar-refractivity contribution in [3.05, 3.63) is 64.7 Å². The Morgan fingerprint density at radius 1 is 1.19 bits per heavy atom. The summed E-state index contributed by atoms with van der Waals surface area (Å²) in [5.41, 5.74) is 3.56. The van der Waals surface area contributed by atoms with E-state index in [-0.39, 0.29) is 12.5 Å². The van der Waals surface area contributed by atoms with Gasteiger partial charge in [0.25, 0.3) is 11.8 Å². The summed E-state index contributed by atoms with van der Waals surface area (Å²) < 4.78 is 5.55. The molecule has 0 fully saturated rings. The molecule has 0 bridgehead atoms. The Labute approximate surface area is 163 Å². The highest BCUT2D eigenvalue weighted by atomic mass is 35.5. The predicted molar refractivity (Wildman–Crippen MR) is 106 cm³/mol. The number of nitrogens with zero attached hydrogens (tertiary/aromatic N) is 1. The SMILES string of the molecule is CCCCOc1ccc(C(=O)NCC(=O)N/N=C\c2cccc(Cl)c2)cc1. The number of halogens is 1. The van der Waals surface area contributed by atoms with Crippen molar-refractivity contribution in [2.45, 2.75) is 19.8 Å². The van der Waals surface area contributed by atoms with E-state index in [1.54, 1.807) is 48.5 Å². The second kappa shape index (κ2) is 11.0. The first-order valence-corrected chi connectivity index (χ1v) is 9.05. The Morgan fingerprint density at radius 3 is 2.67 bits per heavy atom. The molecule has 7 heteroatoms. The summed E-state index contributed by atoms with van der Waals surface area (Å²) in [6.45, 7) is 2.56. The molecule has 6 nitrogen and oxygen atoms in total. The predicted octanol–water partition coefficient (Wildman–Crippen LogP) is 3.40. The van der Waals surface area contributed by atoms with E-state index in [9.17, 15) is 9.59 Å². The fourth-order valence-electron chi connectivity index (χ4n) is 2.10. The summed E-state index contributed by atoms with van der Waals surface area (Å²) in [7, 11) is 0. The molecule has 0 atom stereocenters. The maximum absolute atomic E-state index is 12.1. The topological polar surface area (TPSA) is 79.8 Å². The zero-order chi connectivity index (χ0) is 19.5. The second-order valence-electron chi connectivity index (χ2n) is 5.76. The number of carbonyl (C=O) groups excluding carboxylic acids is 2. The molecule has 0 spiro atoms. The van der Waals surface area contributed by atoms with Crippen LogP contribution in [0, 0.1) is 0 Å². The van der Waals surface area contributed by atoms with Crippen molar-refractivity contribution in [3.63, 3.8) is 0 Å². The van der Waals surface area contributed by atoms with Crippen LogP contribution in [0.3, 0.4) is 0 Å². The summed E-state index contributed by atoms with van der Waals surface area (Å²) in [6, 6.07) is 13.8. The van der Waals surface area contributed by atoms with Crippen molar-refractivity contribution in [3.8, 4) is 5.75 Å². The molecular formula is C20H22ClN3O3. The van der Waals surface area contributed by atoms with Gasteiger partial charge in [0.15, 0.2) is 0 Å². The van der Waals surface area contributed by atoms with Gasteiger partial charge < -0.3 is 10.1 Å².